The van der Waals surface area contributed by atoms with E-state index in [0.717, 1.165) is 65.4 Å². The van der Waals surface area contributed by atoms with Gasteiger partial charge in [-0.2, -0.15) is 0 Å². The van der Waals surface area contributed by atoms with Crippen molar-refractivity contribution in [3.63, 3.8) is 0 Å². The van der Waals surface area contributed by atoms with E-state index in [-0.39, 0.29) is 0 Å². The lowest BCUT2D eigenvalue weighted by molar-refractivity contribution is -0.0524. The lowest BCUT2D eigenvalue weighted by atomic mass is 10.0. The fourth-order valence-corrected chi connectivity index (χ4v) is 4.29. The van der Waals surface area contributed by atoms with E-state index in [1.165, 1.54) is 6.21 Å². The van der Waals surface area contributed by atoms with Gasteiger partial charge in [0.1, 0.15) is 6.23 Å². The smallest absolute Gasteiger partial charge is 0.135 e. The first-order chi connectivity index (χ1) is 14.6. The number of nitrogens with zero attached hydrogens (tertiary/aromatic N) is 3. The molecule has 4 rings (SSSR count). The van der Waals surface area contributed by atoms with Crippen molar-refractivity contribution in [1.82, 2.24) is 20.2 Å². The number of nitrogens with one attached hydrogen (secondary N) is 2. The fourth-order valence-electron chi connectivity index (χ4n) is 4.29. The number of aliphatic hydroxyl groups is 1. The molecule has 1 fully saturated rings. The van der Waals surface area contributed by atoms with Crippen LogP contribution in [0.25, 0.3) is 5.57 Å². The van der Waals surface area contributed by atoms with Crippen molar-refractivity contribution in [2.75, 3.05) is 20.3 Å². The molecule has 1 unspecified atom stereocenters. The van der Waals surface area contributed by atoms with E-state index in [9.17, 15) is 5.11 Å². The first-order valence-electron chi connectivity index (χ1n) is 10.4. The zero-order valence-corrected chi connectivity index (χ0v) is 17.6. The largest absolute Gasteiger partial charge is 0.393 e. The Morgan fingerprint density at radius 2 is 2.17 bits per heavy atom. The van der Waals surface area contributed by atoms with Crippen molar-refractivity contribution in [3.8, 4) is 0 Å². The summed E-state index contributed by atoms with van der Waals surface area (Å²) in [5, 5.41) is 21.4. The summed E-state index contributed by atoms with van der Waals surface area (Å²) in [5.41, 5.74) is 6.57. The summed E-state index contributed by atoms with van der Waals surface area (Å²) in [7, 11) is 1.80. The molecule has 2 aromatic heterocycles. The van der Waals surface area contributed by atoms with Gasteiger partial charge in [-0.1, -0.05) is 6.07 Å². The third-order valence-corrected chi connectivity index (χ3v) is 5.99. The Labute approximate surface area is 177 Å². The van der Waals surface area contributed by atoms with Crippen LogP contribution in [-0.4, -0.2) is 52.5 Å². The van der Waals surface area contributed by atoms with Crippen LogP contribution in [0.2, 0.25) is 0 Å². The van der Waals surface area contributed by atoms with Crippen molar-refractivity contribution in [1.29, 1.82) is 5.41 Å². The first kappa shape index (κ1) is 20.7. The number of hydrogen-bond acceptors (Lipinski definition) is 7. The molecule has 0 radical (unpaired) electrons. The van der Waals surface area contributed by atoms with E-state index in [2.05, 4.69) is 21.3 Å². The molecule has 1 atom stereocenters. The van der Waals surface area contributed by atoms with E-state index in [1.54, 1.807) is 13.2 Å². The highest BCUT2D eigenvalue weighted by Gasteiger charge is 2.35. The van der Waals surface area contributed by atoms with E-state index in [0.29, 0.717) is 19.0 Å². The van der Waals surface area contributed by atoms with Crippen LogP contribution in [-0.2, 0) is 17.7 Å². The quantitative estimate of drug-likeness (QED) is 0.637. The summed E-state index contributed by atoms with van der Waals surface area (Å²) in [6, 6.07) is 6.42. The lowest BCUT2D eigenvalue weighted by Gasteiger charge is -2.33. The molecule has 2 aliphatic rings. The Balaban J connectivity index is 1.52. The predicted molar refractivity (Wildman–Crippen MR) is 116 cm³/mol. The molecule has 0 saturated carbocycles. The standard InChI is InChI=1S/C23H29N5O2/c1-15-17(9-16-3-4-21(26-12-16)18(11-24)13-25-2)10-20-22(27-15)14-28(23(20)29)19-5-7-30-8-6-19/h3-4,10-13,19,23-25,29H,5-9,14H2,1-2H3/b18-13+,24-11?. The molecule has 2 aromatic rings. The van der Waals surface area contributed by atoms with Gasteiger partial charge >= 0.3 is 0 Å². The highest BCUT2D eigenvalue weighted by molar-refractivity contribution is 6.07. The van der Waals surface area contributed by atoms with E-state index in [1.807, 2.05) is 25.3 Å². The molecule has 0 bridgehead atoms. The Kier molecular flexibility index (Phi) is 6.22. The maximum Gasteiger partial charge on any atom is 0.135 e. The maximum atomic E-state index is 10.9. The zero-order chi connectivity index (χ0) is 21.1. The second-order valence-electron chi connectivity index (χ2n) is 7.92. The molecule has 1 saturated heterocycles. The lowest BCUT2D eigenvalue weighted by Crippen LogP contribution is -2.38. The van der Waals surface area contributed by atoms with Crippen LogP contribution in [0.1, 0.15) is 52.8 Å². The summed E-state index contributed by atoms with van der Waals surface area (Å²) in [4.78, 5) is 11.5. The summed E-state index contributed by atoms with van der Waals surface area (Å²) >= 11 is 0. The minimum Gasteiger partial charge on any atom is -0.393 e. The average Bonchev–Trinajstić information content (AvgIpc) is 3.09. The summed E-state index contributed by atoms with van der Waals surface area (Å²) in [5.74, 6) is 0. The SMILES string of the molecule is CN/C=C(\C=N)c1ccc(Cc2cc3c(nc2C)CN(C2CCOCC2)C3O)cn1. The van der Waals surface area contributed by atoms with Crippen molar-refractivity contribution < 1.29 is 9.84 Å². The third kappa shape index (κ3) is 4.14. The molecular formula is C23H29N5O2. The molecule has 3 N–H and O–H groups in total. The highest BCUT2D eigenvalue weighted by atomic mass is 16.5. The molecule has 30 heavy (non-hydrogen) atoms. The van der Waals surface area contributed by atoms with Crippen LogP contribution in [0.15, 0.2) is 30.6 Å². The summed E-state index contributed by atoms with van der Waals surface area (Å²) in [6.45, 7) is 4.24. The molecule has 0 amide bonds. The Morgan fingerprint density at radius 3 is 2.83 bits per heavy atom. The van der Waals surface area contributed by atoms with Crippen LogP contribution in [0.5, 0.6) is 0 Å². The summed E-state index contributed by atoms with van der Waals surface area (Å²) < 4.78 is 5.47. The van der Waals surface area contributed by atoms with Gasteiger partial charge in [-0.3, -0.25) is 14.9 Å². The number of aryl methyl sites for hydroxylation is 1. The van der Waals surface area contributed by atoms with Gasteiger partial charge in [0.05, 0.1) is 11.4 Å². The molecule has 0 aliphatic carbocycles. The monoisotopic (exact) mass is 407 g/mol. The minimum absolute atomic E-state index is 0.345. The second kappa shape index (κ2) is 9.04. The zero-order valence-electron chi connectivity index (χ0n) is 17.6. The minimum atomic E-state index is -0.600. The normalized spacial score (nSPS) is 20.2. The van der Waals surface area contributed by atoms with Crippen LogP contribution >= 0.6 is 0 Å². The number of aliphatic hydroxyl groups excluding tert-OH is 1. The molecule has 7 heteroatoms. The van der Waals surface area contributed by atoms with Crippen LogP contribution in [0.3, 0.4) is 0 Å². The van der Waals surface area contributed by atoms with Gasteiger partial charge in [0.2, 0.25) is 0 Å². The van der Waals surface area contributed by atoms with Gasteiger partial charge in [-0.25, -0.2) is 0 Å². The molecule has 0 spiro atoms. The molecule has 7 nitrogen and oxygen atoms in total. The number of fused-ring (bicyclic) bond motifs is 1. The Bertz CT molecular complexity index is 935. The van der Waals surface area contributed by atoms with E-state index in [4.69, 9.17) is 15.1 Å². The Morgan fingerprint density at radius 1 is 1.37 bits per heavy atom. The molecule has 2 aliphatic heterocycles. The van der Waals surface area contributed by atoms with Gasteiger partial charge in [0, 0.05) is 74.7 Å². The topological polar surface area (TPSA) is 94.4 Å². The van der Waals surface area contributed by atoms with E-state index >= 15 is 0 Å². The van der Waals surface area contributed by atoms with Crippen LogP contribution in [0.4, 0.5) is 0 Å². The van der Waals surface area contributed by atoms with Gasteiger partial charge in [0.25, 0.3) is 0 Å². The average molecular weight is 408 g/mol. The van der Waals surface area contributed by atoms with Crippen LogP contribution < -0.4 is 5.32 Å². The van der Waals surface area contributed by atoms with Gasteiger partial charge in [0.15, 0.2) is 0 Å². The number of hydrogen-bond donors (Lipinski definition) is 3. The van der Waals surface area contributed by atoms with Crippen molar-refractivity contribution in [3.05, 3.63) is 64.4 Å². The molecule has 158 valence electrons. The van der Waals surface area contributed by atoms with Crippen LogP contribution in [0, 0.1) is 12.3 Å². The van der Waals surface area contributed by atoms with Crippen molar-refractivity contribution in [2.24, 2.45) is 0 Å². The second-order valence-corrected chi connectivity index (χ2v) is 7.92. The van der Waals surface area contributed by atoms with Crippen molar-refractivity contribution in [2.45, 2.75) is 45.0 Å². The molecular weight excluding hydrogens is 378 g/mol. The number of pyridine rings is 2. The number of ether oxygens (including phenoxy) is 1. The van der Waals surface area contributed by atoms with Crippen molar-refractivity contribution >= 4 is 11.8 Å². The first-order valence-corrected chi connectivity index (χ1v) is 10.4. The Hall–Kier alpha value is -2.61. The maximum absolute atomic E-state index is 10.9. The van der Waals surface area contributed by atoms with Gasteiger partial charge in [-0.05, 0) is 43.0 Å². The number of allylic oxidation sites excluding steroid dienone is 1. The van der Waals surface area contributed by atoms with Gasteiger partial charge < -0.3 is 20.6 Å². The fraction of sp³-hybridized carbons (Fsp3) is 0.435. The third-order valence-electron chi connectivity index (χ3n) is 5.99. The molecule has 0 aromatic carbocycles. The highest BCUT2D eigenvalue weighted by Crippen LogP contribution is 2.36. The number of aromatic nitrogens is 2. The number of rotatable bonds is 6. The summed E-state index contributed by atoms with van der Waals surface area (Å²) in [6.07, 6.45) is 6.91. The molecule has 4 heterocycles. The predicted octanol–water partition coefficient (Wildman–Crippen LogP) is 2.57. The van der Waals surface area contributed by atoms with E-state index < -0.39 is 6.23 Å². The van der Waals surface area contributed by atoms with Gasteiger partial charge in [-0.15, -0.1) is 0 Å².